The first-order valence-electron chi connectivity index (χ1n) is 9.87. The van der Waals surface area contributed by atoms with E-state index in [1.807, 2.05) is 31.2 Å². The first kappa shape index (κ1) is 21.1. The largest absolute Gasteiger partial charge is 0.491 e. The molecule has 0 spiro atoms. The summed E-state index contributed by atoms with van der Waals surface area (Å²) in [6.07, 6.45) is 1.06. The number of ether oxygens (including phenoxy) is 2. The zero-order valence-electron chi connectivity index (χ0n) is 16.8. The molecule has 0 aliphatic carbocycles. The Morgan fingerprint density at radius 2 is 1.86 bits per heavy atom. The molecule has 2 N–H and O–H groups in total. The number of thiocarbonyl (C=S) groups is 1. The van der Waals surface area contributed by atoms with Crippen molar-refractivity contribution in [3.63, 3.8) is 0 Å². The molecular weight excluding hydrogens is 386 g/mol. The van der Waals surface area contributed by atoms with Gasteiger partial charge in [-0.1, -0.05) is 19.1 Å². The molecule has 1 amide bonds. The van der Waals surface area contributed by atoms with Gasteiger partial charge in [-0.25, -0.2) is 0 Å². The van der Waals surface area contributed by atoms with E-state index in [1.165, 1.54) is 0 Å². The molecule has 1 heterocycles. The number of para-hydroxylation sites is 2. The second-order valence-electron chi connectivity index (χ2n) is 6.89. The summed E-state index contributed by atoms with van der Waals surface area (Å²) in [6.45, 7) is 7.13. The van der Waals surface area contributed by atoms with E-state index in [0.717, 1.165) is 36.6 Å². The Kier molecular flexibility index (Phi) is 7.43. The third kappa shape index (κ3) is 5.92. The molecule has 1 aliphatic rings. The van der Waals surface area contributed by atoms with E-state index in [9.17, 15) is 4.79 Å². The van der Waals surface area contributed by atoms with Gasteiger partial charge in [0.15, 0.2) is 5.11 Å². The number of anilines is 2. The van der Waals surface area contributed by atoms with E-state index in [2.05, 4.69) is 22.5 Å². The quantitative estimate of drug-likeness (QED) is 0.702. The van der Waals surface area contributed by atoms with Gasteiger partial charge in [-0.15, -0.1) is 0 Å². The molecule has 0 unspecified atom stereocenters. The summed E-state index contributed by atoms with van der Waals surface area (Å²) in [5.74, 6) is 0.484. The molecule has 6 nitrogen and oxygen atoms in total. The first-order valence-corrected chi connectivity index (χ1v) is 10.3. The highest BCUT2D eigenvalue weighted by Crippen LogP contribution is 2.26. The van der Waals surface area contributed by atoms with Gasteiger partial charge in [-0.05, 0) is 62.0 Å². The number of carbonyl (C=O) groups excluding carboxylic acids is 1. The lowest BCUT2D eigenvalue weighted by Crippen LogP contribution is -2.38. The van der Waals surface area contributed by atoms with Crippen LogP contribution in [-0.4, -0.2) is 43.4 Å². The van der Waals surface area contributed by atoms with Gasteiger partial charge in [-0.2, -0.15) is 0 Å². The van der Waals surface area contributed by atoms with Crippen LogP contribution in [0.3, 0.4) is 0 Å². The molecule has 29 heavy (non-hydrogen) atoms. The monoisotopic (exact) mass is 413 g/mol. The maximum absolute atomic E-state index is 12.5. The van der Waals surface area contributed by atoms with Crippen molar-refractivity contribution in [1.29, 1.82) is 0 Å². The highest BCUT2D eigenvalue weighted by Gasteiger charge is 2.16. The van der Waals surface area contributed by atoms with Crippen molar-refractivity contribution in [3.05, 3.63) is 54.1 Å². The molecule has 154 valence electrons. The summed E-state index contributed by atoms with van der Waals surface area (Å²) >= 11 is 5.36. The Morgan fingerprint density at radius 1 is 1.17 bits per heavy atom. The lowest BCUT2D eigenvalue weighted by molar-refractivity contribution is 0.0977. The van der Waals surface area contributed by atoms with Gasteiger partial charge >= 0.3 is 0 Å². The molecule has 3 rings (SSSR count). The molecule has 0 bridgehead atoms. The third-order valence-corrected chi connectivity index (χ3v) is 4.96. The Bertz CT molecular complexity index is 835. The van der Waals surface area contributed by atoms with E-state index >= 15 is 0 Å². The number of nitrogens with one attached hydrogen (secondary N) is 2. The zero-order valence-corrected chi connectivity index (χ0v) is 17.6. The van der Waals surface area contributed by atoms with Crippen LogP contribution in [0.2, 0.25) is 0 Å². The summed E-state index contributed by atoms with van der Waals surface area (Å²) in [5.41, 5.74) is 2.42. The minimum atomic E-state index is -0.263. The molecule has 1 saturated heterocycles. The summed E-state index contributed by atoms with van der Waals surface area (Å²) < 4.78 is 11.2. The van der Waals surface area contributed by atoms with Crippen LogP contribution in [0.5, 0.6) is 5.75 Å². The molecule has 0 saturated carbocycles. The SMILES string of the molecule is CC[C@@H](C)Oc1ccc(C(=O)NC(=S)Nc2ccccc2N2CCOCC2)cc1. The van der Waals surface area contributed by atoms with Gasteiger partial charge in [0.2, 0.25) is 0 Å². The van der Waals surface area contributed by atoms with Crippen molar-refractivity contribution in [2.24, 2.45) is 0 Å². The number of amides is 1. The number of nitrogens with zero attached hydrogens (tertiary/aromatic N) is 1. The first-order chi connectivity index (χ1) is 14.1. The van der Waals surface area contributed by atoms with Crippen LogP contribution in [0.25, 0.3) is 0 Å². The number of morpholine rings is 1. The van der Waals surface area contributed by atoms with E-state index in [0.29, 0.717) is 18.8 Å². The van der Waals surface area contributed by atoms with Gasteiger partial charge in [0.25, 0.3) is 5.91 Å². The minimum absolute atomic E-state index is 0.137. The van der Waals surface area contributed by atoms with Crippen molar-refractivity contribution in [1.82, 2.24) is 5.32 Å². The molecule has 1 fully saturated rings. The molecule has 1 aliphatic heterocycles. The van der Waals surface area contributed by atoms with Gasteiger partial charge < -0.3 is 19.7 Å². The number of carbonyl (C=O) groups is 1. The van der Waals surface area contributed by atoms with Crippen LogP contribution in [0.15, 0.2) is 48.5 Å². The molecule has 0 radical (unpaired) electrons. The highest BCUT2D eigenvalue weighted by molar-refractivity contribution is 7.80. The minimum Gasteiger partial charge on any atom is -0.491 e. The average molecular weight is 414 g/mol. The zero-order chi connectivity index (χ0) is 20.6. The van der Waals surface area contributed by atoms with Crippen LogP contribution in [-0.2, 0) is 4.74 Å². The van der Waals surface area contributed by atoms with E-state index in [4.69, 9.17) is 21.7 Å². The van der Waals surface area contributed by atoms with Crippen molar-refractivity contribution in [3.8, 4) is 5.75 Å². The van der Waals surface area contributed by atoms with Crippen LogP contribution >= 0.6 is 12.2 Å². The normalized spacial score (nSPS) is 14.8. The second kappa shape index (κ2) is 10.2. The molecule has 2 aromatic rings. The van der Waals surface area contributed by atoms with Crippen LogP contribution in [0, 0.1) is 0 Å². The Balaban J connectivity index is 1.60. The summed E-state index contributed by atoms with van der Waals surface area (Å²) in [6, 6.07) is 15.0. The van der Waals surface area contributed by atoms with Crippen LogP contribution in [0.1, 0.15) is 30.6 Å². The fourth-order valence-corrected chi connectivity index (χ4v) is 3.19. The van der Waals surface area contributed by atoms with Crippen molar-refractivity contribution in [2.75, 3.05) is 36.5 Å². The Labute approximate surface area is 177 Å². The maximum atomic E-state index is 12.5. The summed E-state index contributed by atoms with van der Waals surface area (Å²) in [7, 11) is 0. The third-order valence-electron chi connectivity index (χ3n) is 4.76. The predicted octanol–water partition coefficient (Wildman–Crippen LogP) is 3.83. The molecular formula is C22H27N3O3S. The van der Waals surface area contributed by atoms with Crippen LogP contribution < -0.4 is 20.3 Å². The lowest BCUT2D eigenvalue weighted by Gasteiger charge is -2.30. The van der Waals surface area contributed by atoms with E-state index < -0.39 is 0 Å². The summed E-state index contributed by atoms with van der Waals surface area (Å²) in [4.78, 5) is 14.8. The topological polar surface area (TPSA) is 62.8 Å². The molecule has 7 heteroatoms. The molecule has 0 aromatic heterocycles. The van der Waals surface area contributed by atoms with Crippen molar-refractivity contribution in [2.45, 2.75) is 26.4 Å². The molecule has 2 aromatic carbocycles. The Hall–Kier alpha value is -2.64. The van der Waals surface area contributed by atoms with E-state index in [1.54, 1.807) is 24.3 Å². The number of hydrogen-bond donors (Lipinski definition) is 2. The van der Waals surface area contributed by atoms with Gasteiger partial charge in [0.1, 0.15) is 5.75 Å². The fraction of sp³-hybridized carbons (Fsp3) is 0.364. The van der Waals surface area contributed by atoms with Gasteiger partial charge in [-0.3, -0.25) is 10.1 Å². The fourth-order valence-electron chi connectivity index (χ4n) is 2.99. The smallest absolute Gasteiger partial charge is 0.257 e. The van der Waals surface area contributed by atoms with Crippen LogP contribution in [0.4, 0.5) is 11.4 Å². The van der Waals surface area contributed by atoms with Crippen molar-refractivity contribution >= 4 is 34.6 Å². The predicted molar refractivity (Wildman–Crippen MR) is 120 cm³/mol. The lowest BCUT2D eigenvalue weighted by atomic mass is 10.2. The number of hydrogen-bond acceptors (Lipinski definition) is 5. The number of benzene rings is 2. The molecule has 1 atom stereocenters. The Morgan fingerprint density at radius 3 is 2.55 bits per heavy atom. The van der Waals surface area contributed by atoms with E-state index in [-0.39, 0.29) is 17.1 Å². The second-order valence-corrected chi connectivity index (χ2v) is 7.29. The maximum Gasteiger partial charge on any atom is 0.257 e. The summed E-state index contributed by atoms with van der Waals surface area (Å²) in [5, 5.41) is 6.15. The standard InChI is InChI=1S/C22H27N3O3S/c1-3-16(2)28-18-10-8-17(9-11-18)21(26)24-22(29)23-19-6-4-5-7-20(19)25-12-14-27-15-13-25/h4-11,16H,3,12-15H2,1-2H3,(H2,23,24,26,29)/t16-/m1/s1. The van der Waals surface area contributed by atoms with Gasteiger partial charge in [0.05, 0.1) is 30.7 Å². The van der Waals surface area contributed by atoms with Crippen molar-refractivity contribution < 1.29 is 14.3 Å². The average Bonchev–Trinajstić information content (AvgIpc) is 2.75. The highest BCUT2D eigenvalue weighted by atomic mass is 32.1. The van der Waals surface area contributed by atoms with Gasteiger partial charge in [0, 0.05) is 18.7 Å². The number of rotatable bonds is 6.